The molecule has 0 spiro atoms. The lowest BCUT2D eigenvalue weighted by Crippen LogP contribution is -2.05. The minimum Gasteiger partial charge on any atom is -0.478 e. The normalized spacial score (nSPS) is 10.2. The molecule has 0 aromatic heterocycles. The Balaban J connectivity index is 1.83. The predicted octanol–water partition coefficient (Wildman–Crippen LogP) is 3.74. The van der Waals surface area contributed by atoms with Crippen molar-refractivity contribution in [3.8, 4) is 0 Å². The second-order valence-electron chi connectivity index (χ2n) is 4.85. The highest BCUT2D eigenvalue weighted by Crippen LogP contribution is 2.15. The van der Waals surface area contributed by atoms with E-state index in [-0.39, 0.29) is 0 Å². The van der Waals surface area contributed by atoms with Crippen LogP contribution < -0.4 is 5.32 Å². The van der Waals surface area contributed by atoms with Crippen LogP contribution in [-0.2, 0) is 6.42 Å². The SMILES string of the molecule is Cc1cc(NCCCc2ccccc2)ccc1C(=O)O. The Morgan fingerprint density at radius 1 is 1.15 bits per heavy atom. The van der Waals surface area contributed by atoms with Crippen LogP contribution in [0.3, 0.4) is 0 Å². The summed E-state index contributed by atoms with van der Waals surface area (Å²) in [6.07, 6.45) is 2.09. The number of hydrogen-bond donors (Lipinski definition) is 2. The van der Waals surface area contributed by atoms with Crippen LogP contribution in [0.15, 0.2) is 48.5 Å². The molecular formula is C17H19NO2. The molecule has 0 aliphatic carbocycles. The van der Waals surface area contributed by atoms with Gasteiger partial charge in [0, 0.05) is 12.2 Å². The van der Waals surface area contributed by atoms with Gasteiger partial charge in [0.2, 0.25) is 0 Å². The Morgan fingerprint density at radius 3 is 2.55 bits per heavy atom. The van der Waals surface area contributed by atoms with E-state index in [1.54, 1.807) is 6.07 Å². The molecule has 3 nitrogen and oxygen atoms in total. The molecule has 2 N–H and O–H groups in total. The van der Waals surface area contributed by atoms with Crippen molar-refractivity contribution in [2.75, 3.05) is 11.9 Å². The summed E-state index contributed by atoms with van der Waals surface area (Å²) in [4.78, 5) is 10.9. The molecule has 2 aromatic rings. The first-order valence-corrected chi connectivity index (χ1v) is 6.78. The monoisotopic (exact) mass is 269 g/mol. The van der Waals surface area contributed by atoms with E-state index in [0.717, 1.165) is 30.6 Å². The molecule has 0 radical (unpaired) electrons. The average molecular weight is 269 g/mol. The van der Waals surface area contributed by atoms with E-state index >= 15 is 0 Å². The Hall–Kier alpha value is -2.29. The molecule has 0 atom stereocenters. The van der Waals surface area contributed by atoms with E-state index in [1.165, 1.54) is 5.56 Å². The molecule has 104 valence electrons. The zero-order valence-corrected chi connectivity index (χ0v) is 11.6. The summed E-state index contributed by atoms with van der Waals surface area (Å²) < 4.78 is 0. The molecular weight excluding hydrogens is 250 g/mol. The van der Waals surface area contributed by atoms with E-state index < -0.39 is 5.97 Å². The van der Waals surface area contributed by atoms with E-state index in [9.17, 15) is 4.79 Å². The Bertz CT molecular complexity index is 579. The number of rotatable bonds is 6. The van der Waals surface area contributed by atoms with Crippen LogP contribution in [0.5, 0.6) is 0 Å². The number of aryl methyl sites for hydroxylation is 2. The fourth-order valence-corrected chi connectivity index (χ4v) is 2.18. The molecule has 2 rings (SSSR count). The van der Waals surface area contributed by atoms with Crippen LogP contribution in [-0.4, -0.2) is 17.6 Å². The second kappa shape index (κ2) is 6.75. The summed E-state index contributed by atoms with van der Waals surface area (Å²) in [7, 11) is 0. The third-order valence-electron chi connectivity index (χ3n) is 3.27. The van der Waals surface area contributed by atoms with Crippen LogP contribution in [0.1, 0.15) is 27.9 Å². The van der Waals surface area contributed by atoms with Gasteiger partial charge in [-0.2, -0.15) is 0 Å². The summed E-state index contributed by atoms with van der Waals surface area (Å²) >= 11 is 0. The molecule has 0 aliphatic rings. The Morgan fingerprint density at radius 2 is 1.90 bits per heavy atom. The summed E-state index contributed by atoms with van der Waals surface area (Å²) in [5, 5.41) is 12.3. The van der Waals surface area contributed by atoms with Gasteiger partial charge in [0.25, 0.3) is 0 Å². The maximum atomic E-state index is 10.9. The lowest BCUT2D eigenvalue weighted by Gasteiger charge is -2.09. The maximum Gasteiger partial charge on any atom is 0.335 e. The first-order valence-electron chi connectivity index (χ1n) is 6.78. The number of carbonyl (C=O) groups is 1. The van der Waals surface area contributed by atoms with Crippen molar-refractivity contribution >= 4 is 11.7 Å². The van der Waals surface area contributed by atoms with Gasteiger partial charge < -0.3 is 10.4 Å². The van der Waals surface area contributed by atoms with Crippen molar-refractivity contribution in [3.63, 3.8) is 0 Å². The van der Waals surface area contributed by atoms with Crippen molar-refractivity contribution in [2.45, 2.75) is 19.8 Å². The number of aromatic carboxylic acids is 1. The van der Waals surface area contributed by atoms with Gasteiger partial charge in [0.15, 0.2) is 0 Å². The highest BCUT2D eigenvalue weighted by molar-refractivity contribution is 5.89. The van der Waals surface area contributed by atoms with Gasteiger partial charge in [-0.1, -0.05) is 30.3 Å². The van der Waals surface area contributed by atoms with Crippen LogP contribution >= 0.6 is 0 Å². The molecule has 0 amide bonds. The van der Waals surface area contributed by atoms with Gasteiger partial charge in [-0.3, -0.25) is 0 Å². The predicted molar refractivity (Wildman–Crippen MR) is 81.4 cm³/mol. The van der Waals surface area contributed by atoms with Crippen molar-refractivity contribution in [1.29, 1.82) is 0 Å². The quantitative estimate of drug-likeness (QED) is 0.785. The Kier molecular flexibility index (Phi) is 4.77. The third-order valence-corrected chi connectivity index (χ3v) is 3.27. The van der Waals surface area contributed by atoms with Gasteiger partial charge in [-0.05, 0) is 49.1 Å². The smallest absolute Gasteiger partial charge is 0.335 e. The number of carboxylic acid groups (broad SMARTS) is 1. The fraction of sp³-hybridized carbons (Fsp3) is 0.235. The molecule has 0 heterocycles. The van der Waals surface area contributed by atoms with Crippen LogP contribution in [0, 0.1) is 6.92 Å². The molecule has 0 aliphatic heterocycles. The molecule has 0 unspecified atom stereocenters. The van der Waals surface area contributed by atoms with E-state index in [2.05, 4.69) is 29.6 Å². The highest BCUT2D eigenvalue weighted by atomic mass is 16.4. The number of benzene rings is 2. The lowest BCUT2D eigenvalue weighted by molar-refractivity contribution is 0.0696. The number of hydrogen-bond acceptors (Lipinski definition) is 2. The van der Waals surface area contributed by atoms with Crippen LogP contribution in [0.2, 0.25) is 0 Å². The van der Waals surface area contributed by atoms with Crippen molar-refractivity contribution in [3.05, 3.63) is 65.2 Å². The van der Waals surface area contributed by atoms with Crippen molar-refractivity contribution in [2.24, 2.45) is 0 Å². The zero-order valence-electron chi connectivity index (χ0n) is 11.6. The van der Waals surface area contributed by atoms with Crippen molar-refractivity contribution in [1.82, 2.24) is 0 Å². The van der Waals surface area contributed by atoms with Gasteiger partial charge in [-0.25, -0.2) is 4.79 Å². The standard InChI is InChI=1S/C17H19NO2/c1-13-12-15(9-10-16(13)17(19)20)18-11-5-8-14-6-3-2-4-7-14/h2-4,6-7,9-10,12,18H,5,8,11H2,1H3,(H,19,20). The van der Waals surface area contributed by atoms with Crippen LogP contribution in [0.4, 0.5) is 5.69 Å². The van der Waals surface area contributed by atoms with E-state index in [0.29, 0.717) is 5.56 Å². The fourth-order valence-electron chi connectivity index (χ4n) is 2.18. The summed E-state index contributed by atoms with van der Waals surface area (Å²) in [6, 6.07) is 15.7. The summed E-state index contributed by atoms with van der Waals surface area (Å²) in [6.45, 7) is 2.69. The molecule has 0 bridgehead atoms. The van der Waals surface area contributed by atoms with Gasteiger partial charge in [0.1, 0.15) is 0 Å². The summed E-state index contributed by atoms with van der Waals surface area (Å²) in [5.41, 5.74) is 3.46. The largest absolute Gasteiger partial charge is 0.478 e. The Labute approximate surface area is 119 Å². The van der Waals surface area contributed by atoms with Gasteiger partial charge >= 0.3 is 5.97 Å². The average Bonchev–Trinajstić information content (AvgIpc) is 2.44. The maximum absolute atomic E-state index is 10.9. The first kappa shape index (κ1) is 14.1. The number of anilines is 1. The van der Waals surface area contributed by atoms with Crippen LogP contribution in [0.25, 0.3) is 0 Å². The van der Waals surface area contributed by atoms with E-state index in [4.69, 9.17) is 5.11 Å². The first-order chi connectivity index (χ1) is 9.66. The molecule has 0 saturated carbocycles. The minimum atomic E-state index is -0.877. The summed E-state index contributed by atoms with van der Waals surface area (Å²) in [5.74, 6) is -0.877. The molecule has 0 saturated heterocycles. The number of nitrogens with one attached hydrogen (secondary N) is 1. The minimum absolute atomic E-state index is 0.361. The van der Waals surface area contributed by atoms with Gasteiger partial charge in [0.05, 0.1) is 5.56 Å². The zero-order chi connectivity index (χ0) is 14.4. The molecule has 3 heteroatoms. The second-order valence-corrected chi connectivity index (χ2v) is 4.85. The lowest BCUT2D eigenvalue weighted by atomic mass is 10.1. The topological polar surface area (TPSA) is 49.3 Å². The molecule has 2 aromatic carbocycles. The highest BCUT2D eigenvalue weighted by Gasteiger charge is 2.06. The third kappa shape index (κ3) is 3.85. The number of carboxylic acids is 1. The van der Waals surface area contributed by atoms with E-state index in [1.807, 2.05) is 25.1 Å². The molecule has 0 fully saturated rings. The van der Waals surface area contributed by atoms with Crippen molar-refractivity contribution < 1.29 is 9.90 Å². The molecule has 20 heavy (non-hydrogen) atoms. The van der Waals surface area contributed by atoms with Gasteiger partial charge in [-0.15, -0.1) is 0 Å².